The normalized spacial score (nSPS) is 15.3. The summed E-state index contributed by atoms with van der Waals surface area (Å²) in [7, 11) is 0. The van der Waals surface area contributed by atoms with Crippen molar-refractivity contribution in [2.75, 3.05) is 4.90 Å². The number of aromatic nitrogens is 1. The Morgan fingerprint density at radius 1 is 1.03 bits per heavy atom. The minimum absolute atomic E-state index is 0.0171. The lowest BCUT2D eigenvalue weighted by Gasteiger charge is -2.29. The lowest BCUT2D eigenvalue weighted by atomic mass is 10.1. The first-order valence-electron chi connectivity index (χ1n) is 9.25. The number of carbonyl (C=O) groups excluding carboxylic acids is 2. The smallest absolute Gasteiger partial charge is 0.270 e. The van der Waals surface area contributed by atoms with E-state index in [1.807, 2.05) is 13.0 Å². The molecule has 0 aliphatic carbocycles. The number of amides is 2. The molecule has 31 heavy (non-hydrogen) atoms. The van der Waals surface area contributed by atoms with E-state index in [0.29, 0.717) is 17.1 Å². The fraction of sp³-hybridized carbons (Fsp3) is 0.0455. The van der Waals surface area contributed by atoms with Crippen molar-refractivity contribution in [1.29, 1.82) is 0 Å². The number of benzene rings is 2. The van der Waals surface area contributed by atoms with E-state index < -0.39 is 16.7 Å². The molecular weight excluding hydrogens is 416 g/mol. The van der Waals surface area contributed by atoms with Gasteiger partial charge in [-0.2, -0.15) is 0 Å². The van der Waals surface area contributed by atoms with Gasteiger partial charge in [0, 0.05) is 29.7 Å². The van der Waals surface area contributed by atoms with E-state index in [4.69, 9.17) is 12.2 Å². The number of anilines is 1. The zero-order chi connectivity index (χ0) is 22.1. The Kier molecular flexibility index (Phi) is 5.18. The summed E-state index contributed by atoms with van der Waals surface area (Å²) in [6.07, 6.45) is 3.21. The summed E-state index contributed by atoms with van der Waals surface area (Å²) in [6.45, 7) is 1.90. The van der Waals surface area contributed by atoms with Crippen LogP contribution in [0.3, 0.4) is 0 Å². The van der Waals surface area contributed by atoms with E-state index in [0.717, 1.165) is 5.56 Å². The van der Waals surface area contributed by atoms with Crippen molar-refractivity contribution in [3.63, 3.8) is 0 Å². The summed E-state index contributed by atoms with van der Waals surface area (Å²) >= 11 is 5.23. The first kappa shape index (κ1) is 20.2. The van der Waals surface area contributed by atoms with Crippen LogP contribution in [0.5, 0.6) is 0 Å². The van der Waals surface area contributed by atoms with E-state index >= 15 is 0 Å². The van der Waals surface area contributed by atoms with Crippen LogP contribution in [-0.2, 0) is 9.59 Å². The number of nitrogens with zero attached hydrogens (tertiary/aromatic N) is 3. The lowest BCUT2D eigenvalue weighted by molar-refractivity contribution is -0.384. The largest absolute Gasteiger partial charge is 0.317 e. The van der Waals surface area contributed by atoms with Crippen molar-refractivity contribution in [3.05, 3.63) is 93.8 Å². The van der Waals surface area contributed by atoms with Crippen molar-refractivity contribution >= 4 is 46.6 Å². The molecule has 1 fully saturated rings. The summed E-state index contributed by atoms with van der Waals surface area (Å²) in [4.78, 5) is 37.4. The molecule has 4 rings (SSSR count). The average molecular weight is 432 g/mol. The molecule has 8 nitrogen and oxygen atoms in total. The molecule has 1 N–H and O–H groups in total. The van der Waals surface area contributed by atoms with E-state index in [2.05, 4.69) is 5.32 Å². The van der Waals surface area contributed by atoms with Crippen LogP contribution < -0.4 is 10.2 Å². The molecule has 0 saturated carbocycles. The number of carbonyl (C=O) groups is 2. The number of hydrogen-bond donors (Lipinski definition) is 1. The number of thiocarbonyl (C=S) groups is 1. The topological polar surface area (TPSA) is 97.5 Å². The first-order chi connectivity index (χ1) is 14.8. The van der Waals surface area contributed by atoms with Crippen molar-refractivity contribution in [2.45, 2.75) is 6.92 Å². The highest BCUT2D eigenvalue weighted by Gasteiger charge is 2.34. The van der Waals surface area contributed by atoms with Gasteiger partial charge in [-0.05, 0) is 67.2 Å². The van der Waals surface area contributed by atoms with Gasteiger partial charge < -0.3 is 4.57 Å². The van der Waals surface area contributed by atoms with E-state index in [1.54, 1.807) is 53.2 Å². The predicted molar refractivity (Wildman–Crippen MR) is 120 cm³/mol. The van der Waals surface area contributed by atoms with Crippen LogP contribution in [0.2, 0.25) is 0 Å². The number of non-ortho nitro benzene ring substituents is 1. The van der Waals surface area contributed by atoms with Crippen LogP contribution in [0.15, 0.2) is 72.4 Å². The minimum Gasteiger partial charge on any atom is -0.317 e. The van der Waals surface area contributed by atoms with Gasteiger partial charge >= 0.3 is 0 Å². The van der Waals surface area contributed by atoms with Crippen molar-refractivity contribution in [2.24, 2.45) is 0 Å². The SMILES string of the molecule is Cc1cccc(N2C(=O)C(=Cc3cccn3-c3ccc([N+](=O)[O-])cc3)C(=O)NC2=S)c1. The molecule has 2 amide bonds. The fourth-order valence-electron chi connectivity index (χ4n) is 3.29. The maximum absolute atomic E-state index is 13.2. The van der Waals surface area contributed by atoms with Crippen molar-refractivity contribution in [1.82, 2.24) is 9.88 Å². The van der Waals surface area contributed by atoms with Crippen LogP contribution in [0.1, 0.15) is 11.3 Å². The Morgan fingerprint density at radius 3 is 2.45 bits per heavy atom. The van der Waals surface area contributed by atoms with Crippen LogP contribution in [-0.4, -0.2) is 26.4 Å². The maximum Gasteiger partial charge on any atom is 0.270 e. The molecule has 0 unspecified atom stereocenters. The Bertz CT molecular complexity index is 1260. The second-order valence-corrected chi connectivity index (χ2v) is 7.26. The molecule has 2 heterocycles. The number of rotatable bonds is 4. The van der Waals surface area contributed by atoms with E-state index in [1.165, 1.54) is 23.1 Å². The number of nitrogens with one attached hydrogen (secondary N) is 1. The second-order valence-electron chi connectivity index (χ2n) is 6.87. The molecule has 1 saturated heterocycles. The quantitative estimate of drug-likeness (QED) is 0.224. The lowest BCUT2D eigenvalue weighted by Crippen LogP contribution is -2.54. The van der Waals surface area contributed by atoms with Gasteiger partial charge in [-0.15, -0.1) is 0 Å². The van der Waals surface area contributed by atoms with Gasteiger partial charge in [0.25, 0.3) is 17.5 Å². The van der Waals surface area contributed by atoms with Gasteiger partial charge in [-0.3, -0.25) is 29.9 Å². The van der Waals surface area contributed by atoms with Crippen molar-refractivity contribution < 1.29 is 14.5 Å². The number of hydrogen-bond acceptors (Lipinski definition) is 5. The van der Waals surface area contributed by atoms with Gasteiger partial charge in [0.05, 0.1) is 10.6 Å². The number of nitro groups is 1. The third-order valence-electron chi connectivity index (χ3n) is 4.77. The van der Waals surface area contributed by atoms with Gasteiger partial charge in [0.1, 0.15) is 5.57 Å². The Balaban J connectivity index is 1.72. The maximum atomic E-state index is 13.2. The predicted octanol–water partition coefficient (Wildman–Crippen LogP) is 3.53. The molecule has 0 atom stereocenters. The van der Waals surface area contributed by atoms with Crippen LogP contribution in [0, 0.1) is 17.0 Å². The molecule has 2 aromatic carbocycles. The minimum atomic E-state index is -0.588. The number of nitro benzene ring substituents is 1. The standard InChI is InChI=1S/C22H16N4O4S/c1-14-4-2-5-18(12-14)25-21(28)19(20(27)23-22(25)31)13-17-6-3-11-24(17)15-7-9-16(10-8-15)26(29)30/h2-13H,1H3,(H,23,27,31). The van der Waals surface area contributed by atoms with Gasteiger partial charge in [0.15, 0.2) is 5.11 Å². The Hall–Kier alpha value is -4.11. The summed E-state index contributed by atoms with van der Waals surface area (Å²) in [6, 6.07) is 16.7. The molecule has 0 radical (unpaired) electrons. The molecule has 1 aliphatic rings. The van der Waals surface area contributed by atoms with Crippen LogP contribution >= 0.6 is 12.2 Å². The average Bonchev–Trinajstić information content (AvgIpc) is 3.19. The molecule has 0 bridgehead atoms. The van der Waals surface area contributed by atoms with Gasteiger partial charge in [-0.1, -0.05) is 12.1 Å². The molecule has 154 valence electrons. The molecule has 1 aromatic heterocycles. The van der Waals surface area contributed by atoms with Crippen LogP contribution in [0.25, 0.3) is 11.8 Å². The highest BCUT2D eigenvalue weighted by Crippen LogP contribution is 2.24. The summed E-state index contributed by atoms with van der Waals surface area (Å²) in [5.74, 6) is -1.12. The number of aryl methyl sites for hydroxylation is 1. The Morgan fingerprint density at radius 2 is 1.77 bits per heavy atom. The van der Waals surface area contributed by atoms with E-state index in [9.17, 15) is 19.7 Å². The summed E-state index contributed by atoms with van der Waals surface area (Å²) in [5.41, 5.74) is 2.62. The molecule has 9 heteroatoms. The monoisotopic (exact) mass is 432 g/mol. The second kappa shape index (κ2) is 7.96. The zero-order valence-electron chi connectivity index (χ0n) is 16.3. The van der Waals surface area contributed by atoms with E-state index in [-0.39, 0.29) is 16.4 Å². The van der Waals surface area contributed by atoms with Gasteiger partial charge in [-0.25, -0.2) is 0 Å². The summed E-state index contributed by atoms with van der Waals surface area (Å²) in [5, 5.41) is 13.5. The molecule has 1 aliphatic heterocycles. The summed E-state index contributed by atoms with van der Waals surface area (Å²) < 4.78 is 1.72. The highest BCUT2D eigenvalue weighted by atomic mass is 32.1. The zero-order valence-corrected chi connectivity index (χ0v) is 17.1. The highest BCUT2D eigenvalue weighted by molar-refractivity contribution is 7.80. The molecule has 3 aromatic rings. The molecular formula is C22H16N4O4S. The van der Waals surface area contributed by atoms with Crippen LogP contribution in [0.4, 0.5) is 11.4 Å². The third kappa shape index (κ3) is 3.86. The fourth-order valence-corrected chi connectivity index (χ4v) is 3.57. The third-order valence-corrected chi connectivity index (χ3v) is 5.06. The molecule has 0 spiro atoms. The first-order valence-corrected chi connectivity index (χ1v) is 9.66. The Labute approximate surface area is 182 Å². The van der Waals surface area contributed by atoms with Crippen molar-refractivity contribution in [3.8, 4) is 5.69 Å². The van der Waals surface area contributed by atoms with Gasteiger partial charge in [0.2, 0.25) is 0 Å².